The van der Waals surface area contributed by atoms with Gasteiger partial charge in [0.1, 0.15) is 30.2 Å². The molecule has 124 valence electrons. The SMILES string of the molecule is CC(C)=C1OC(C)=C(OC2OC(CO)C(O)C(O)C2O)C1=O. The average Bonchev–Trinajstić information content (AvgIpc) is 2.75. The van der Waals surface area contributed by atoms with Gasteiger partial charge in [0.2, 0.25) is 12.0 Å². The zero-order chi connectivity index (χ0) is 16.6. The highest BCUT2D eigenvalue weighted by Crippen LogP contribution is 2.31. The number of aliphatic hydroxyl groups excluding tert-OH is 4. The molecular weight excluding hydrogens is 296 g/mol. The molecule has 8 heteroatoms. The van der Waals surface area contributed by atoms with Crippen LogP contribution in [-0.2, 0) is 19.0 Å². The number of hydrogen-bond acceptors (Lipinski definition) is 8. The first kappa shape index (κ1) is 16.9. The normalized spacial score (nSPS) is 35.7. The molecule has 0 saturated carbocycles. The van der Waals surface area contributed by atoms with Crippen LogP contribution < -0.4 is 0 Å². The van der Waals surface area contributed by atoms with Crippen molar-refractivity contribution in [1.29, 1.82) is 0 Å². The maximum absolute atomic E-state index is 12.2. The van der Waals surface area contributed by atoms with Crippen LogP contribution in [0.5, 0.6) is 0 Å². The van der Waals surface area contributed by atoms with Gasteiger partial charge in [-0.3, -0.25) is 4.79 Å². The Kier molecular flexibility index (Phi) is 4.88. The van der Waals surface area contributed by atoms with E-state index in [-0.39, 0.29) is 17.3 Å². The summed E-state index contributed by atoms with van der Waals surface area (Å²) in [5.74, 6) is -0.287. The number of hydrogen-bond donors (Lipinski definition) is 4. The van der Waals surface area contributed by atoms with E-state index >= 15 is 0 Å². The van der Waals surface area contributed by atoms with Gasteiger partial charge in [-0.05, 0) is 26.3 Å². The van der Waals surface area contributed by atoms with E-state index in [0.29, 0.717) is 5.57 Å². The third-order valence-electron chi connectivity index (χ3n) is 3.52. The van der Waals surface area contributed by atoms with Crippen molar-refractivity contribution < 1.29 is 39.4 Å². The van der Waals surface area contributed by atoms with E-state index in [1.54, 1.807) is 13.8 Å². The number of carbonyl (C=O) groups is 1. The molecule has 5 unspecified atom stereocenters. The monoisotopic (exact) mass is 316 g/mol. The van der Waals surface area contributed by atoms with Gasteiger partial charge in [0.05, 0.1) is 6.61 Å². The average molecular weight is 316 g/mol. The Bertz CT molecular complexity index is 517. The highest BCUT2D eigenvalue weighted by Gasteiger charge is 2.46. The summed E-state index contributed by atoms with van der Waals surface area (Å²) in [4.78, 5) is 12.2. The Morgan fingerprint density at radius 3 is 2.32 bits per heavy atom. The van der Waals surface area contributed by atoms with Crippen LogP contribution >= 0.6 is 0 Å². The summed E-state index contributed by atoms with van der Waals surface area (Å²) in [6, 6.07) is 0. The molecule has 5 atom stereocenters. The van der Waals surface area contributed by atoms with Crippen molar-refractivity contribution in [3.05, 3.63) is 22.9 Å². The number of Topliss-reactive ketones (excluding diaryl/α,β-unsaturated/α-hetero) is 1. The highest BCUT2D eigenvalue weighted by atomic mass is 16.7. The van der Waals surface area contributed by atoms with Crippen LogP contribution in [0, 0.1) is 0 Å². The summed E-state index contributed by atoms with van der Waals surface area (Å²) in [6.07, 6.45) is -7.16. The van der Waals surface area contributed by atoms with E-state index in [4.69, 9.17) is 19.3 Å². The molecular formula is C14H20O8. The Balaban J connectivity index is 2.18. The standard InChI is InChI=1S/C14H20O8/c1-5(2)12-11(19)13(6(3)20-12)22-14-10(18)9(17)8(16)7(4-15)21-14/h7-10,14-18H,4H2,1-3H3. The van der Waals surface area contributed by atoms with Crippen molar-refractivity contribution in [2.24, 2.45) is 0 Å². The fourth-order valence-electron chi connectivity index (χ4n) is 2.26. The van der Waals surface area contributed by atoms with Crippen LogP contribution in [-0.4, -0.2) is 63.5 Å². The lowest BCUT2D eigenvalue weighted by Crippen LogP contribution is -2.59. The second kappa shape index (κ2) is 6.35. The van der Waals surface area contributed by atoms with Crippen molar-refractivity contribution in [2.75, 3.05) is 6.61 Å². The van der Waals surface area contributed by atoms with Crippen LogP contribution in [0.1, 0.15) is 20.8 Å². The third kappa shape index (κ3) is 2.88. The second-order valence-corrected chi connectivity index (χ2v) is 5.46. The smallest absolute Gasteiger partial charge is 0.266 e. The highest BCUT2D eigenvalue weighted by molar-refractivity contribution is 6.08. The number of carbonyl (C=O) groups excluding carboxylic acids is 1. The van der Waals surface area contributed by atoms with Gasteiger partial charge in [-0.2, -0.15) is 0 Å². The topological polar surface area (TPSA) is 126 Å². The van der Waals surface area contributed by atoms with E-state index in [2.05, 4.69) is 0 Å². The second-order valence-electron chi connectivity index (χ2n) is 5.46. The molecule has 0 spiro atoms. The molecule has 0 aromatic heterocycles. The predicted molar refractivity (Wildman–Crippen MR) is 72.0 cm³/mol. The molecule has 2 aliphatic heterocycles. The Labute approximate surface area is 127 Å². The molecule has 0 aromatic rings. The minimum absolute atomic E-state index is 0.136. The summed E-state index contributed by atoms with van der Waals surface area (Å²) in [7, 11) is 0. The molecule has 4 N–H and O–H groups in total. The minimum Gasteiger partial charge on any atom is -0.454 e. The molecule has 0 radical (unpaired) electrons. The largest absolute Gasteiger partial charge is 0.454 e. The molecule has 8 nitrogen and oxygen atoms in total. The van der Waals surface area contributed by atoms with Gasteiger partial charge in [0.25, 0.3) is 5.78 Å². The molecule has 0 amide bonds. The molecule has 2 rings (SSSR count). The summed E-state index contributed by atoms with van der Waals surface area (Å²) in [5, 5.41) is 38.4. The summed E-state index contributed by atoms with van der Waals surface area (Å²) in [5.41, 5.74) is 0.664. The Morgan fingerprint density at radius 1 is 1.18 bits per heavy atom. The molecule has 0 aromatic carbocycles. The fourth-order valence-corrected chi connectivity index (χ4v) is 2.26. The van der Waals surface area contributed by atoms with E-state index in [1.165, 1.54) is 6.92 Å². The maximum atomic E-state index is 12.2. The first-order valence-corrected chi connectivity index (χ1v) is 6.86. The zero-order valence-electron chi connectivity index (χ0n) is 12.5. The van der Waals surface area contributed by atoms with Crippen molar-refractivity contribution in [3.8, 4) is 0 Å². The molecule has 2 heterocycles. The van der Waals surface area contributed by atoms with Crippen LogP contribution in [0.2, 0.25) is 0 Å². The van der Waals surface area contributed by atoms with Gasteiger partial charge in [0.15, 0.2) is 5.76 Å². The Morgan fingerprint density at radius 2 is 1.82 bits per heavy atom. The summed E-state index contributed by atoms with van der Waals surface area (Å²) < 4.78 is 15.8. The summed E-state index contributed by atoms with van der Waals surface area (Å²) >= 11 is 0. The lowest BCUT2D eigenvalue weighted by molar-refractivity contribution is -0.290. The Hall–Kier alpha value is -1.45. The van der Waals surface area contributed by atoms with Crippen molar-refractivity contribution >= 4 is 5.78 Å². The fraction of sp³-hybridized carbons (Fsp3) is 0.643. The van der Waals surface area contributed by atoms with Crippen molar-refractivity contribution in [2.45, 2.75) is 51.5 Å². The molecule has 22 heavy (non-hydrogen) atoms. The molecule has 0 bridgehead atoms. The van der Waals surface area contributed by atoms with Gasteiger partial charge in [-0.1, -0.05) is 0 Å². The van der Waals surface area contributed by atoms with E-state index < -0.39 is 43.1 Å². The lowest BCUT2D eigenvalue weighted by atomic mass is 9.99. The van der Waals surface area contributed by atoms with Crippen molar-refractivity contribution in [1.82, 2.24) is 0 Å². The molecule has 0 aliphatic carbocycles. The maximum Gasteiger partial charge on any atom is 0.266 e. The first-order valence-electron chi connectivity index (χ1n) is 6.86. The van der Waals surface area contributed by atoms with E-state index in [0.717, 1.165) is 0 Å². The van der Waals surface area contributed by atoms with Crippen LogP contribution in [0.4, 0.5) is 0 Å². The molecule has 1 saturated heterocycles. The van der Waals surface area contributed by atoms with Gasteiger partial charge in [0, 0.05) is 0 Å². The molecule has 2 aliphatic rings. The number of allylic oxidation sites excluding steroid dienone is 2. The number of aliphatic hydroxyl groups is 4. The first-order chi connectivity index (χ1) is 10.3. The van der Waals surface area contributed by atoms with Crippen LogP contribution in [0.3, 0.4) is 0 Å². The number of ketones is 1. The van der Waals surface area contributed by atoms with Gasteiger partial charge in [-0.25, -0.2) is 0 Å². The van der Waals surface area contributed by atoms with E-state index in [1.807, 2.05) is 0 Å². The van der Waals surface area contributed by atoms with Gasteiger partial charge < -0.3 is 34.6 Å². The lowest BCUT2D eigenvalue weighted by Gasteiger charge is -2.39. The van der Waals surface area contributed by atoms with Gasteiger partial charge >= 0.3 is 0 Å². The van der Waals surface area contributed by atoms with E-state index in [9.17, 15) is 20.1 Å². The van der Waals surface area contributed by atoms with Gasteiger partial charge in [-0.15, -0.1) is 0 Å². The molecule has 1 fully saturated rings. The quantitative estimate of drug-likeness (QED) is 0.485. The third-order valence-corrected chi connectivity index (χ3v) is 3.52. The van der Waals surface area contributed by atoms with Crippen LogP contribution in [0.15, 0.2) is 22.9 Å². The number of rotatable bonds is 3. The summed E-state index contributed by atoms with van der Waals surface area (Å²) in [6.45, 7) is 4.36. The van der Waals surface area contributed by atoms with Crippen LogP contribution in [0.25, 0.3) is 0 Å². The predicted octanol–water partition coefficient (Wildman–Crippen LogP) is -1.07. The number of ether oxygens (including phenoxy) is 3. The van der Waals surface area contributed by atoms with Crippen molar-refractivity contribution in [3.63, 3.8) is 0 Å². The minimum atomic E-state index is -1.58. The zero-order valence-corrected chi connectivity index (χ0v) is 12.5.